The van der Waals surface area contributed by atoms with Crippen LogP contribution in [0.4, 0.5) is 16.2 Å². The lowest BCUT2D eigenvalue weighted by atomic mass is 9.95. The molecule has 2 aliphatic rings. The topological polar surface area (TPSA) is 82.7 Å². The van der Waals surface area contributed by atoms with Gasteiger partial charge in [0.1, 0.15) is 5.60 Å². The van der Waals surface area contributed by atoms with Crippen LogP contribution in [0.15, 0.2) is 18.2 Å². The van der Waals surface area contributed by atoms with Gasteiger partial charge in [-0.05, 0) is 64.7 Å². The van der Waals surface area contributed by atoms with E-state index in [1.165, 1.54) is 62.7 Å². The molecule has 3 N–H and O–H groups in total. The number of rotatable bonds is 8. The molecule has 0 radical (unpaired) electrons. The van der Waals surface area contributed by atoms with Crippen molar-refractivity contribution < 1.29 is 14.3 Å². The zero-order chi connectivity index (χ0) is 23.8. The first-order chi connectivity index (χ1) is 15.7. The van der Waals surface area contributed by atoms with Crippen LogP contribution in [0.3, 0.4) is 0 Å². The van der Waals surface area contributed by atoms with Crippen molar-refractivity contribution in [3.8, 4) is 0 Å². The van der Waals surface area contributed by atoms with Gasteiger partial charge in [-0.25, -0.2) is 4.79 Å². The largest absolute Gasteiger partial charge is 0.444 e. The van der Waals surface area contributed by atoms with Crippen LogP contribution >= 0.6 is 0 Å². The third-order valence-corrected chi connectivity index (χ3v) is 6.40. The van der Waals surface area contributed by atoms with E-state index in [4.69, 9.17) is 4.74 Å². The Morgan fingerprint density at radius 1 is 0.939 bits per heavy atom. The number of carbonyl (C=O) groups excluding carboxylic acids is 2. The predicted molar refractivity (Wildman–Crippen MR) is 134 cm³/mol. The third-order valence-electron chi connectivity index (χ3n) is 6.40. The minimum Gasteiger partial charge on any atom is -0.444 e. The van der Waals surface area contributed by atoms with Crippen LogP contribution in [-0.2, 0) is 4.74 Å². The Labute approximate surface area is 199 Å². The molecular weight excluding hydrogens is 416 g/mol. The van der Waals surface area contributed by atoms with Gasteiger partial charge in [0.15, 0.2) is 0 Å². The Bertz CT molecular complexity index is 793. The van der Waals surface area contributed by atoms with Gasteiger partial charge in [0.05, 0.1) is 11.4 Å². The lowest BCUT2D eigenvalue weighted by Gasteiger charge is -2.26. The highest BCUT2D eigenvalue weighted by Gasteiger charge is 2.21. The summed E-state index contributed by atoms with van der Waals surface area (Å²) in [5.74, 6) is -0.133. The van der Waals surface area contributed by atoms with E-state index in [0.717, 1.165) is 11.4 Å². The molecule has 0 aliphatic heterocycles. The highest BCUT2D eigenvalue weighted by molar-refractivity contribution is 5.96. The molecule has 2 amide bonds. The molecule has 0 heterocycles. The Kier molecular flexibility index (Phi) is 8.87. The minimum absolute atomic E-state index is 0.133. The van der Waals surface area contributed by atoms with E-state index < -0.39 is 11.7 Å². The molecule has 7 heteroatoms. The van der Waals surface area contributed by atoms with E-state index in [1.807, 2.05) is 39.0 Å². The number of benzene rings is 1. The van der Waals surface area contributed by atoms with E-state index in [1.54, 1.807) is 7.05 Å². The van der Waals surface area contributed by atoms with Gasteiger partial charge >= 0.3 is 6.09 Å². The van der Waals surface area contributed by atoms with Crippen LogP contribution in [-0.4, -0.2) is 54.7 Å². The maximum Gasteiger partial charge on any atom is 0.410 e. The molecule has 0 spiro atoms. The standard InChI is InChI=1S/C26H42N4O3/c1-26(2,3)33-25(32)30(4)17-16-27-24(31)19-14-15-22(28-20-10-6-5-7-11-20)23(18-19)29-21-12-8-9-13-21/h14-15,18,20-21,28-29H,5-13,16-17H2,1-4H3,(H,27,31). The summed E-state index contributed by atoms with van der Waals surface area (Å²) in [6.45, 7) is 6.26. The fourth-order valence-corrected chi connectivity index (χ4v) is 4.56. The van der Waals surface area contributed by atoms with Crippen molar-refractivity contribution in [2.75, 3.05) is 30.8 Å². The van der Waals surface area contributed by atoms with Crippen LogP contribution in [0, 0.1) is 0 Å². The molecule has 0 atom stereocenters. The number of likely N-dealkylation sites (N-methyl/N-ethyl adjacent to an activating group) is 1. The van der Waals surface area contributed by atoms with Crippen molar-refractivity contribution in [2.24, 2.45) is 0 Å². The summed E-state index contributed by atoms with van der Waals surface area (Å²) in [6.07, 6.45) is 10.8. The Morgan fingerprint density at radius 3 is 2.12 bits per heavy atom. The molecule has 0 unspecified atom stereocenters. The average molecular weight is 459 g/mol. The molecule has 0 saturated heterocycles. The van der Waals surface area contributed by atoms with Crippen LogP contribution in [0.1, 0.15) is 88.9 Å². The highest BCUT2D eigenvalue weighted by atomic mass is 16.6. The first kappa shape index (κ1) is 25.2. The predicted octanol–water partition coefficient (Wildman–Crippen LogP) is 5.38. The van der Waals surface area contributed by atoms with Crippen molar-refractivity contribution >= 4 is 23.4 Å². The van der Waals surface area contributed by atoms with Gasteiger partial charge in [0, 0.05) is 37.8 Å². The summed E-state index contributed by atoms with van der Waals surface area (Å²) in [5, 5.41) is 10.4. The number of anilines is 2. The van der Waals surface area contributed by atoms with E-state index in [-0.39, 0.29) is 5.91 Å². The number of hydrogen-bond acceptors (Lipinski definition) is 5. The maximum atomic E-state index is 12.8. The summed E-state index contributed by atoms with van der Waals surface area (Å²) >= 11 is 0. The number of hydrogen-bond donors (Lipinski definition) is 3. The van der Waals surface area contributed by atoms with Crippen LogP contribution in [0.5, 0.6) is 0 Å². The molecule has 2 fully saturated rings. The molecule has 2 saturated carbocycles. The first-order valence-corrected chi connectivity index (χ1v) is 12.6. The van der Waals surface area contributed by atoms with Crippen molar-refractivity contribution in [1.82, 2.24) is 10.2 Å². The van der Waals surface area contributed by atoms with Gasteiger partial charge in [0.25, 0.3) is 5.91 Å². The van der Waals surface area contributed by atoms with Gasteiger partial charge in [-0.15, -0.1) is 0 Å². The van der Waals surface area contributed by atoms with Gasteiger partial charge in [0.2, 0.25) is 0 Å². The van der Waals surface area contributed by atoms with E-state index >= 15 is 0 Å². The molecule has 0 aromatic heterocycles. The number of nitrogens with zero attached hydrogens (tertiary/aromatic N) is 1. The Hall–Kier alpha value is -2.44. The summed E-state index contributed by atoms with van der Waals surface area (Å²) in [7, 11) is 1.68. The smallest absolute Gasteiger partial charge is 0.410 e. The van der Waals surface area contributed by atoms with Gasteiger partial charge < -0.3 is 25.6 Å². The quantitative estimate of drug-likeness (QED) is 0.487. The number of carbonyl (C=O) groups is 2. The van der Waals surface area contributed by atoms with E-state index in [9.17, 15) is 9.59 Å². The molecule has 0 bridgehead atoms. The lowest BCUT2D eigenvalue weighted by molar-refractivity contribution is 0.0299. The molecule has 3 rings (SSSR count). The van der Waals surface area contributed by atoms with Crippen molar-refractivity contribution in [1.29, 1.82) is 0 Å². The number of amides is 2. The first-order valence-electron chi connectivity index (χ1n) is 12.6. The molecule has 33 heavy (non-hydrogen) atoms. The molecular formula is C26H42N4O3. The van der Waals surface area contributed by atoms with Crippen molar-refractivity contribution in [2.45, 2.75) is 96.2 Å². The molecule has 2 aliphatic carbocycles. The maximum absolute atomic E-state index is 12.8. The lowest BCUT2D eigenvalue weighted by Crippen LogP contribution is -2.39. The average Bonchev–Trinajstić information content (AvgIpc) is 3.27. The Morgan fingerprint density at radius 2 is 1.52 bits per heavy atom. The molecule has 1 aromatic rings. The number of nitrogens with one attached hydrogen (secondary N) is 3. The fourth-order valence-electron chi connectivity index (χ4n) is 4.56. The summed E-state index contributed by atoms with van der Waals surface area (Å²) < 4.78 is 5.36. The van der Waals surface area contributed by atoms with Gasteiger partial charge in [-0.2, -0.15) is 0 Å². The second-order valence-electron chi connectivity index (χ2n) is 10.5. The second-order valence-corrected chi connectivity index (χ2v) is 10.5. The highest BCUT2D eigenvalue weighted by Crippen LogP contribution is 2.31. The minimum atomic E-state index is -0.537. The van der Waals surface area contributed by atoms with E-state index in [2.05, 4.69) is 16.0 Å². The number of ether oxygens (including phenoxy) is 1. The van der Waals surface area contributed by atoms with Crippen LogP contribution in [0.25, 0.3) is 0 Å². The fraction of sp³-hybridized carbons (Fsp3) is 0.692. The van der Waals surface area contributed by atoms with Crippen LogP contribution < -0.4 is 16.0 Å². The van der Waals surface area contributed by atoms with Crippen LogP contribution in [0.2, 0.25) is 0 Å². The summed E-state index contributed by atoms with van der Waals surface area (Å²) in [4.78, 5) is 26.4. The monoisotopic (exact) mass is 458 g/mol. The molecule has 7 nitrogen and oxygen atoms in total. The molecule has 184 valence electrons. The SMILES string of the molecule is CN(CCNC(=O)c1ccc(NC2CCCCC2)c(NC2CCCC2)c1)C(=O)OC(C)(C)C. The summed E-state index contributed by atoms with van der Waals surface area (Å²) in [5.41, 5.74) is 2.20. The summed E-state index contributed by atoms with van der Waals surface area (Å²) in [6, 6.07) is 6.87. The van der Waals surface area contributed by atoms with Crippen molar-refractivity contribution in [3.63, 3.8) is 0 Å². The zero-order valence-corrected chi connectivity index (χ0v) is 20.8. The van der Waals surface area contributed by atoms with Crippen molar-refractivity contribution in [3.05, 3.63) is 23.8 Å². The Balaban J connectivity index is 1.60. The molecule has 1 aromatic carbocycles. The third kappa shape index (κ3) is 8.13. The van der Waals surface area contributed by atoms with E-state index in [0.29, 0.717) is 30.7 Å². The normalized spacial score (nSPS) is 17.5. The second kappa shape index (κ2) is 11.6. The zero-order valence-electron chi connectivity index (χ0n) is 20.8. The van der Waals surface area contributed by atoms with Gasteiger partial charge in [-0.3, -0.25) is 4.79 Å². The van der Waals surface area contributed by atoms with Gasteiger partial charge in [-0.1, -0.05) is 32.1 Å².